The number of thiazole rings is 1. The van der Waals surface area contributed by atoms with Crippen molar-refractivity contribution in [2.75, 3.05) is 18.6 Å². The number of halogens is 3. The zero-order valence-electron chi connectivity index (χ0n) is 16.8. The lowest BCUT2D eigenvalue weighted by molar-refractivity contribution is -0.144. The predicted molar refractivity (Wildman–Crippen MR) is 110 cm³/mol. The van der Waals surface area contributed by atoms with Gasteiger partial charge in [-0.15, -0.1) is 11.3 Å². The van der Waals surface area contributed by atoms with Gasteiger partial charge < -0.3 is 14.4 Å². The Labute approximate surface area is 180 Å². The van der Waals surface area contributed by atoms with Crippen LogP contribution in [0, 0.1) is 17.5 Å². The lowest BCUT2D eigenvalue weighted by Gasteiger charge is -2.22. The number of amides is 1. The number of carbonyl (C=O) groups is 2. The third-order valence-corrected chi connectivity index (χ3v) is 5.42. The standard InChI is InChI=1S/C21H19F3N2O4S/c1-3-30-18(28)8-7-17(27)26(12-5-4-6-13(9-12)29-2)11-16-25-20-19(24)14(22)10-15(23)21(20)31-16/h4-6,9-10H,3,7-8,11H2,1-2H3. The molecule has 1 aromatic heterocycles. The maximum Gasteiger partial charge on any atom is 0.306 e. The zero-order valence-corrected chi connectivity index (χ0v) is 17.6. The Morgan fingerprint density at radius 1 is 1.13 bits per heavy atom. The lowest BCUT2D eigenvalue weighted by Crippen LogP contribution is -2.30. The molecule has 0 N–H and O–H groups in total. The fraction of sp³-hybridized carbons (Fsp3) is 0.286. The van der Waals surface area contributed by atoms with Gasteiger partial charge in [-0.2, -0.15) is 0 Å². The Morgan fingerprint density at radius 3 is 2.61 bits per heavy atom. The predicted octanol–water partition coefficient (Wildman–Crippen LogP) is 4.60. The minimum atomic E-state index is -1.34. The molecule has 0 unspecified atom stereocenters. The summed E-state index contributed by atoms with van der Waals surface area (Å²) in [6.07, 6.45) is -0.264. The molecule has 164 valence electrons. The Bertz CT molecular complexity index is 1120. The van der Waals surface area contributed by atoms with E-state index in [9.17, 15) is 22.8 Å². The summed E-state index contributed by atoms with van der Waals surface area (Å²) in [5, 5.41) is 0.200. The molecule has 2 aromatic carbocycles. The van der Waals surface area contributed by atoms with E-state index in [1.165, 1.54) is 12.0 Å². The highest BCUT2D eigenvalue weighted by Gasteiger charge is 2.22. The third kappa shape index (κ3) is 5.13. The van der Waals surface area contributed by atoms with Crippen LogP contribution in [0.1, 0.15) is 24.8 Å². The van der Waals surface area contributed by atoms with E-state index in [-0.39, 0.29) is 35.7 Å². The lowest BCUT2D eigenvalue weighted by atomic mass is 10.2. The van der Waals surface area contributed by atoms with E-state index in [4.69, 9.17) is 9.47 Å². The fourth-order valence-electron chi connectivity index (χ4n) is 2.91. The van der Waals surface area contributed by atoms with Crippen molar-refractivity contribution in [1.29, 1.82) is 0 Å². The van der Waals surface area contributed by atoms with Gasteiger partial charge in [-0.3, -0.25) is 9.59 Å². The van der Waals surface area contributed by atoms with Crippen molar-refractivity contribution in [3.05, 3.63) is 52.8 Å². The molecule has 0 radical (unpaired) electrons. The second kappa shape index (κ2) is 9.78. The maximum atomic E-state index is 14.1. The molecule has 0 saturated heterocycles. The topological polar surface area (TPSA) is 68.7 Å². The molecule has 3 rings (SSSR count). The van der Waals surface area contributed by atoms with Crippen LogP contribution in [-0.4, -0.2) is 30.6 Å². The van der Waals surface area contributed by atoms with E-state index in [2.05, 4.69) is 4.98 Å². The van der Waals surface area contributed by atoms with Crippen LogP contribution in [0.2, 0.25) is 0 Å². The summed E-state index contributed by atoms with van der Waals surface area (Å²) in [5.41, 5.74) is 0.0154. The number of esters is 1. The van der Waals surface area contributed by atoms with Gasteiger partial charge in [0.2, 0.25) is 5.91 Å². The van der Waals surface area contributed by atoms with E-state index in [0.29, 0.717) is 17.5 Å². The van der Waals surface area contributed by atoms with Crippen LogP contribution in [0.15, 0.2) is 30.3 Å². The number of nitrogens with zero attached hydrogens (tertiary/aromatic N) is 2. The number of methoxy groups -OCH3 is 1. The van der Waals surface area contributed by atoms with Crippen LogP contribution in [0.4, 0.5) is 18.9 Å². The van der Waals surface area contributed by atoms with Gasteiger partial charge in [0.15, 0.2) is 11.6 Å². The van der Waals surface area contributed by atoms with E-state index >= 15 is 0 Å². The fourth-order valence-corrected chi connectivity index (χ4v) is 3.86. The summed E-state index contributed by atoms with van der Waals surface area (Å²) in [4.78, 5) is 29.9. The third-order valence-electron chi connectivity index (χ3n) is 4.37. The molecule has 0 aliphatic rings. The van der Waals surface area contributed by atoms with Gasteiger partial charge in [0.1, 0.15) is 22.1 Å². The van der Waals surface area contributed by atoms with Crippen LogP contribution in [0.25, 0.3) is 10.2 Å². The number of benzene rings is 2. The Balaban J connectivity index is 1.93. The number of hydrogen-bond acceptors (Lipinski definition) is 6. The molecule has 0 aliphatic carbocycles. The molecule has 10 heteroatoms. The largest absolute Gasteiger partial charge is 0.497 e. The first-order valence-electron chi connectivity index (χ1n) is 9.37. The number of aromatic nitrogens is 1. The molecule has 0 atom stereocenters. The quantitative estimate of drug-likeness (QED) is 0.369. The van der Waals surface area contributed by atoms with Crippen LogP contribution in [0.5, 0.6) is 5.75 Å². The molecule has 1 amide bonds. The first-order chi connectivity index (χ1) is 14.8. The van der Waals surface area contributed by atoms with Gasteiger partial charge in [0.25, 0.3) is 0 Å². The minimum Gasteiger partial charge on any atom is -0.497 e. The highest BCUT2D eigenvalue weighted by atomic mass is 32.1. The van der Waals surface area contributed by atoms with Gasteiger partial charge in [0, 0.05) is 24.2 Å². The zero-order chi connectivity index (χ0) is 22.5. The molecular weight excluding hydrogens is 433 g/mol. The molecule has 1 heterocycles. The van der Waals surface area contributed by atoms with Crippen molar-refractivity contribution in [2.24, 2.45) is 0 Å². The van der Waals surface area contributed by atoms with E-state index < -0.39 is 34.8 Å². The molecule has 31 heavy (non-hydrogen) atoms. The van der Waals surface area contributed by atoms with Crippen molar-refractivity contribution in [3.63, 3.8) is 0 Å². The molecule has 3 aromatic rings. The van der Waals surface area contributed by atoms with Gasteiger partial charge in [-0.1, -0.05) is 6.07 Å². The van der Waals surface area contributed by atoms with Gasteiger partial charge in [-0.05, 0) is 19.1 Å². The first kappa shape index (κ1) is 22.5. The first-order valence-corrected chi connectivity index (χ1v) is 10.2. The number of hydrogen-bond donors (Lipinski definition) is 0. The number of rotatable bonds is 8. The Morgan fingerprint density at radius 2 is 1.90 bits per heavy atom. The monoisotopic (exact) mass is 452 g/mol. The number of carbonyl (C=O) groups excluding carboxylic acids is 2. The highest BCUT2D eigenvalue weighted by Crippen LogP contribution is 2.31. The number of fused-ring (bicyclic) bond motifs is 1. The molecule has 0 saturated carbocycles. The average molecular weight is 452 g/mol. The van der Waals surface area contributed by atoms with Crippen molar-refractivity contribution >= 4 is 39.1 Å². The van der Waals surface area contributed by atoms with Crippen LogP contribution < -0.4 is 9.64 Å². The van der Waals surface area contributed by atoms with Gasteiger partial charge in [-0.25, -0.2) is 18.2 Å². The summed E-state index contributed by atoms with van der Waals surface area (Å²) in [7, 11) is 1.47. The summed E-state index contributed by atoms with van der Waals surface area (Å²) in [5.74, 6) is -3.96. The average Bonchev–Trinajstić information content (AvgIpc) is 3.19. The maximum absolute atomic E-state index is 14.1. The Hall–Kier alpha value is -3.14. The van der Waals surface area contributed by atoms with Gasteiger partial charge >= 0.3 is 5.97 Å². The van der Waals surface area contributed by atoms with E-state index in [1.807, 2.05) is 0 Å². The molecular formula is C21H19F3N2O4S. The summed E-state index contributed by atoms with van der Waals surface area (Å²) < 4.78 is 51.5. The summed E-state index contributed by atoms with van der Waals surface area (Å²) in [6, 6.07) is 7.09. The summed E-state index contributed by atoms with van der Waals surface area (Å²) >= 11 is 0.820. The number of anilines is 1. The smallest absolute Gasteiger partial charge is 0.306 e. The molecule has 0 fully saturated rings. The Kier molecular flexibility index (Phi) is 7.11. The normalized spacial score (nSPS) is 10.9. The highest BCUT2D eigenvalue weighted by molar-refractivity contribution is 7.18. The summed E-state index contributed by atoms with van der Waals surface area (Å²) in [6.45, 7) is 1.73. The molecule has 0 bridgehead atoms. The van der Waals surface area contributed by atoms with Crippen molar-refractivity contribution in [2.45, 2.75) is 26.3 Å². The van der Waals surface area contributed by atoms with Gasteiger partial charge in [0.05, 0.1) is 31.4 Å². The second-order valence-corrected chi connectivity index (χ2v) is 7.51. The number of ether oxygens (including phenoxy) is 2. The van der Waals surface area contributed by atoms with E-state index in [1.54, 1.807) is 31.2 Å². The van der Waals surface area contributed by atoms with E-state index in [0.717, 1.165) is 11.3 Å². The molecule has 0 aliphatic heterocycles. The minimum absolute atomic E-state index is 0.124. The SMILES string of the molecule is CCOC(=O)CCC(=O)N(Cc1nc2c(F)c(F)cc(F)c2s1)c1cccc(OC)c1. The van der Waals surface area contributed by atoms with Crippen LogP contribution >= 0.6 is 11.3 Å². The van der Waals surface area contributed by atoms with Crippen LogP contribution in [0.3, 0.4) is 0 Å². The van der Waals surface area contributed by atoms with Crippen molar-refractivity contribution in [1.82, 2.24) is 4.98 Å². The van der Waals surface area contributed by atoms with Crippen molar-refractivity contribution in [3.8, 4) is 5.75 Å². The van der Waals surface area contributed by atoms with Crippen LogP contribution in [-0.2, 0) is 20.9 Å². The second-order valence-electron chi connectivity index (χ2n) is 6.43. The molecule has 6 nitrogen and oxygen atoms in total. The van der Waals surface area contributed by atoms with Crippen molar-refractivity contribution < 1.29 is 32.2 Å². The molecule has 0 spiro atoms.